The van der Waals surface area contributed by atoms with Crippen molar-refractivity contribution in [2.24, 2.45) is 0 Å². The van der Waals surface area contributed by atoms with Crippen LogP contribution in [0.3, 0.4) is 0 Å². The highest BCUT2D eigenvalue weighted by Crippen LogP contribution is 2.41. The molecule has 0 spiro atoms. The number of carbonyl (C=O) groups excluding carboxylic acids is 1. The van der Waals surface area contributed by atoms with Crippen molar-refractivity contribution in [2.75, 3.05) is 25.4 Å². The minimum absolute atomic E-state index is 0.129. The van der Waals surface area contributed by atoms with E-state index >= 15 is 0 Å². The normalized spacial score (nSPS) is 14.7. The molecule has 1 aliphatic rings. The zero-order valence-electron chi connectivity index (χ0n) is 20.1. The predicted molar refractivity (Wildman–Crippen MR) is 140 cm³/mol. The van der Waals surface area contributed by atoms with Crippen molar-refractivity contribution >= 4 is 44.1 Å². The molecule has 184 valence electrons. The summed E-state index contributed by atoms with van der Waals surface area (Å²) in [6, 6.07) is 4.23. The van der Waals surface area contributed by atoms with Gasteiger partial charge in [-0.2, -0.15) is 5.10 Å². The van der Waals surface area contributed by atoms with E-state index in [-0.39, 0.29) is 11.9 Å². The molecular weight excluding hydrogens is 476 g/mol. The standard InChI is InChI=1S/C26H26N6O3S/c1-3-34-24-9-18-21(14-36-23(18)12-28-24)22-8-19-20(11-29-26(27)25(19)35-22)16-10-30-32(13-16)17-4-6-31(7-5-17)15(2)33/h8-14,17H,3-7H2,1-2H3,(H2,27,29). The van der Waals surface area contributed by atoms with Crippen LogP contribution in [0.25, 0.3) is 43.5 Å². The third kappa shape index (κ3) is 3.87. The van der Waals surface area contributed by atoms with E-state index in [0.29, 0.717) is 23.9 Å². The maximum atomic E-state index is 11.7. The molecule has 1 saturated heterocycles. The first kappa shape index (κ1) is 22.5. The molecule has 1 amide bonds. The van der Waals surface area contributed by atoms with Crippen LogP contribution in [-0.2, 0) is 4.79 Å². The second-order valence-corrected chi connectivity index (χ2v) is 9.87. The van der Waals surface area contributed by atoms with Crippen molar-refractivity contribution in [3.05, 3.63) is 42.3 Å². The monoisotopic (exact) mass is 502 g/mol. The molecule has 5 aromatic rings. The Hall–Kier alpha value is -3.92. The summed E-state index contributed by atoms with van der Waals surface area (Å²) in [6.07, 6.45) is 9.28. The number of fused-ring (bicyclic) bond motifs is 2. The number of nitrogens with zero attached hydrogens (tertiary/aromatic N) is 5. The molecule has 0 atom stereocenters. The van der Waals surface area contributed by atoms with Crippen LogP contribution in [0.15, 0.2) is 46.7 Å². The number of ether oxygens (including phenoxy) is 1. The Bertz CT molecular complexity index is 1580. The number of furan rings is 1. The minimum Gasteiger partial charge on any atom is -0.478 e. The van der Waals surface area contributed by atoms with E-state index in [0.717, 1.165) is 63.9 Å². The van der Waals surface area contributed by atoms with Crippen molar-refractivity contribution in [2.45, 2.75) is 32.7 Å². The van der Waals surface area contributed by atoms with E-state index in [1.807, 2.05) is 47.2 Å². The zero-order chi connectivity index (χ0) is 24.8. The maximum absolute atomic E-state index is 11.7. The molecule has 5 aromatic heterocycles. The molecule has 0 saturated carbocycles. The van der Waals surface area contributed by atoms with Crippen LogP contribution >= 0.6 is 11.3 Å². The van der Waals surface area contributed by atoms with Crippen molar-refractivity contribution < 1.29 is 13.9 Å². The van der Waals surface area contributed by atoms with E-state index in [2.05, 4.69) is 20.4 Å². The number of piperidine rings is 1. The summed E-state index contributed by atoms with van der Waals surface area (Å²) in [4.78, 5) is 22.3. The van der Waals surface area contributed by atoms with E-state index in [1.54, 1.807) is 24.5 Å². The van der Waals surface area contributed by atoms with Crippen molar-refractivity contribution in [3.8, 4) is 28.3 Å². The number of nitrogens with two attached hydrogens (primary N) is 1. The second kappa shape index (κ2) is 8.94. The average molecular weight is 503 g/mol. The zero-order valence-corrected chi connectivity index (χ0v) is 20.9. The lowest BCUT2D eigenvalue weighted by atomic mass is 10.0. The molecule has 36 heavy (non-hydrogen) atoms. The molecule has 0 bridgehead atoms. The highest BCUT2D eigenvalue weighted by Gasteiger charge is 2.23. The van der Waals surface area contributed by atoms with Gasteiger partial charge in [0.1, 0.15) is 5.76 Å². The molecular formula is C26H26N6O3S. The van der Waals surface area contributed by atoms with Gasteiger partial charge in [-0.05, 0) is 25.8 Å². The maximum Gasteiger partial charge on any atom is 0.219 e. The van der Waals surface area contributed by atoms with Crippen LogP contribution in [0.4, 0.5) is 5.82 Å². The number of pyridine rings is 2. The number of hydrogen-bond donors (Lipinski definition) is 1. The van der Waals surface area contributed by atoms with Crippen molar-refractivity contribution in [3.63, 3.8) is 0 Å². The largest absolute Gasteiger partial charge is 0.478 e. The quantitative estimate of drug-likeness (QED) is 0.354. The van der Waals surface area contributed by atoms with E-state index < -0.39 is 0 Å². The molecule has 1 aliphatic heterocycles. The molecule has 6 rings (SSSR count). The Balaban J connectivity index is 1.36. The van der Waals surface area contributed by atoms with Gasteiger partial charge in [-0.15, -0.1) is 11.3 Å². The fraction of sp³-hybridized carbons (Fsp3) is 0.308. The van der Waals surface area contributed by atoms with Crippen molar-refractivity contribution in [1.29, 1.82) is 0 Å². The third-order valence-corrected chi connectivity index (χ3v) is 7.71. The highest BCUT2D eigenvalue weighted by atomic mass is 32.1. The Kier molecular flexibility index (Phi) is 5.60. The van der Waals surface area contributed by atoms with Crippen LogP contribution in [0.2, 0.25) is 0 Å². The summed E-state index contributed by atoms with van der Waals surface area (Å²) in [5.41, 5.74) is 9.61. The number of likely N-dealkylation sites (tertiary alicyclic amines) is 1. The molecule has 0 aromatic carbocycles. The lowest BCUT2D eigenvalue weighted by molar-refractivity contribution is -0.130. The van der Waals surface area contributed by atoms with Crippen LogP contribution in [-0.4, -0.2) is 50.3 Å². The number of carbonyl (C=O) groups is 1. The summed E-state index contributed by atoms with van der Waals surface area (Å²) < 4.78 is 14.9. The molecule has 10 heteroatoms. The van der Waals surface area contributed by atoms with Gasteiger partial charge >= 0.3 is 0 Å². The molecule has 6 heterocycles. The number of thiophene rings is 1. The summed E-state index contributed by atoms with van der Waals surface area (Å²) in [6.45, 7) is 5.62. The Morgan fingerprint density at radius 3 is 2.78 bits per heavy atom. The third-order valence-electron chi connectivity index (χ3n) is 6.78. The second-order valence-electron chi connectivity index (χ2n) is 8.96. The van der Waals surface area contributed by atoms with Gasteiger partial charge in [0.2, 0.25) is 11.8 Å². The molecule has 0 aliphatic carbocycles. The van der Waals surface area contributed by atoms with E-state index in [9.17, 15) is 4.79 Å². The molecule has 9 nitrogen and oxygen atoms in total. The number of rotatable bonds is 5. The first-order chi connectivity index (χ1) is 17.5. The van der Waals surface area contributed by atoms with Gasteiger partial charge in [-0.3, -0.25) is 9.48 Å². The number of hydrogen-bond acceptors (Lipinski definition) is 8. The number of anilines is 1. The fourth-order valence-corrected chi connectivity index (χ4v) is 5.76. The number of aromatic nitrogens is 4. The van der Waals surface area contributed by atoms with E-state index in [4.69, 9.17) is 14.9 Å². The van der Waals surface area contributed by atoms with Gasteiger partial charge in [0, 0.05) is 77.5 Å². The first-order valence-corrected chi connectivity index (χ1v) is 12.9. The fourth-order valence-electron chi connectivity index (χ4n) is 4.86. The lowest BCUT2D eigenvalue weighted by Gasteiger charge is -2.31. The van der Waals surface area contributed by atoms with Gasteiger partial charge < -0.3 is 19.8 Å². The predicted octanol–water partition coefficient (Wildman–Crippen LogP) is 5.13. The molecule has 0 radical (unpaired) electrons. The summed E-state index contributed by atoms with van der Waals surface area (Å²) in [5.74, 6) is 1.78. The summed E-state index contributed by atoms with van der Waals surface area (Å²) in [7, 11) is 0. The van der Waals surface area contributed by atoms with Gasteiger partial charge in [0.15, 0.2) is 11.4 Å². The van der Waals surface area contributed by atoms with Gasteiger partial charge in [0.25, 0.3) is 0 Å². The molecule has 1 fully saturated rings. The van der Waals surface area contributed by atoms with E-state index in [1.165, 1.54) is 0 Å². The Labute approximate surface area is 211 Å². The topological polar surface area (TPSA) is 112 Å². The lowest BCUT2D eigenvalue weighted by Crippen LogP contribution is -2.37. The number of amides is 1. The van der Waals surface area contributed by atoms with Crippen LogP contribution in [0, 0.1) is 0 Å². The first-order valence-electron chi connectivity index (χ1n) is 12.0. The van der Waals surface area contributed by atoms with Gasteiger partial charge in [-0.25, -0.2) is 9.97 Å². The summed E-state index contributed by atoms with van der Waals surface area (Å²) >= 11 is 1.61. The van der Waals surface area contributed by atoms with Crippen LogP contribution in [0.1, 0.15) is 32.7 Å². The van der Waals surface area contributed by atoms with Crippen molar-refractivity contribution in [1.82, 2.24) is 24.6 Å². The van der Waals surface area contributed by atoms with Crippen LogP contribution < -0.4 is 10.5 Å². The van der Waals surface area contributed by atoms with Gasteiger partial charge in [-0.1, -0.05) is 0 Å². The average Bonchev–Trinajstić information content (AvgIpc) is 3.63. The Morgan fingerprint density at radius 1 is 1.17 bits per heavy atom. The Morgan fingerprint density at radius 2 is 2.00 bits per heavy atom. The van der Waals surface area contributed by atoms with Crippen LogP contribution in [0.5, 0.6) is 5.88 Å². The highest BCUT2D eigenvalue weighted by molar-refractivity contribution is 7.17. The molecule has 2 N–H and O–H groups in total. The summed E-state index contributed by atoms with van der Waals surface area (Å²) in [5, 5.41) is 8.62. The smallest absolute Gasteiger partial charge is 0.219 e. The SMILES string of the molecule is CCOc1cc2c(-c3cc4c(-c5cnn(C6CCN(C(C)=O)CC6)c5)cnc(N)c4o3)csc2cn1. The van der Waals surface area contributed by atoms with Gasteiger partial charge in [0.05, 0.1) is 23.5 Å². The molecule has 0 unspecified atom stereocenters. The number of nitrogen functional groups attached to an aromatic ring is 1. The minimum atomic E-state index is 0.129.